The Bertz CT molecular complexity index is 1530. The third kappa shape index (κ3) is 5.94. The Balaban J connectivity index is 1.37. The van der Waals surface area contributed by atoms with Gasteiger partial charge < -0.3 is 19.9 Å². The summed E-state index contributed by atoms with van der Waals surface area (Å²) in [7, 11) is 0. The van der Waals surface area contributed by atoms with Crippen LogP contribution in [0.15, 0.2) is 84.9 Å². The molecule has 0 saturated carbocycles. The second kappa shape index (κ2) is 12.0. The zero-order valence-corrected chi connectivity index (χ0v) is 22.8. The number of carbonyl (C=O) groups excluding carboxylic acids is 4. The van der Waals surface area contributed by atoms with Gasteiger partial charge in [-0.05, 0) is 35.2 Å². The van der Waals surface area contributed by atoms with Gasteiger partial charge in [-0.3, -0.25) is 24.5 Å². The van der Waals surface area contributed by atoms with Crippen molar-refractivity contribution in [2.45, 2.75) is 37.3 Å². The van der Waals surface area contributed by atoms with Crippen LogP contribution in [0.1, 0.15) is 23.1 Å². The second-order valence-electron chi connectivity index (χ2n) is 10.2. The van der Waals surface area contributed by atoms with E-state index in [-0.39, 0.29) is 31.7 Å². The van der Waals surface area contributed by atoms with Crippen molar-refractivity contribution < 1.29 is 43.1 Å². The summed E-state index contributed by atoms with van der Waals surface area (Å²) >= 11 is 0. The van der Waals surface area contributed by atoms with Gasteiger partial charge in [-0.1, -0.05) is 60.7 Å². The number of nitro benzene ring substituents is 1. The Morgan fingerprint density at radius 1 is 0.884 bits per heavy atom. The predicted octanol–water partition coefficient (Wildman–Crippen LogP) is 2.35. The lowest BCUT2D eigenvalue weighted by Crippen LogP contribution is -2.62. The van der Waals surface area contributed by atoms with Crippen LogP contribution in [-0.2, 0) is 57.9 Å². The van der Waals surface area contributed by atoms with Crippen LogP contribution >= 0.6 is 0 Å². The molecule has 2 aliphatic rings. The molecule has 13 nitrogen and oxygen atoms in total. The maximum absolute atomic E-state index is 13.6. The number of amides is 1. The lowest BCUT2D eigenvalue weighted by molar-refractivity contribution is -0.384. The number of nitrogens with zero attached hydrogens (tertiary/aromatic N) is 2. The molecule has 1 amide bonds. The first kappa shape index (κ1) is 29.4. The van der Waals surface area contributed by atoms with E-state index in [4.69, 9.17) is 24.8 Å². The zero-order chi connectivity index (χ0) is 30.6. The number of nitrogens with two attached hydrogens (primary N) is 1. The lowest BCUT2D eigenvalue weighted by atomic mass is 9.93. The van der Waals surface area contributed by atoms with Crippen molar-refractivity contribution in [1.82, 2.24) is 5.06 Å². The number of rotatable bonds is 10. The van der Waals surface area contributed by atoms with Gasteiger partial charge in [-0.15, -0.1) is 0 Å². The lowest BCUT2D eigenvalue weighted by Gasteiger charge is -2.33. The van der Waals surface area contributed by atoms with E-state index < -0.39 is 52.5 Å². The SMILES string of the molecule is N[C@@]1(C(=O)OCc2ccccc2)CON(C2(C(=O)OCc3ccc([N+](=O)[O-])cc3)CC(Cc3ccccc3)C(=O)O2)C1=O. The zero-order valence-electron chi connectivity index (χ0n) is 22.8. The fraction of sp³-hybridized carbons (Fsp3) is 0.267. The average Bonchev–Trinajstić information content (AvgIpc) is 3.52. The molecule has 0 bridgehead atoms. The van der Waals surface area contributed by atoms with Crippen molar-refractivity contribution in [3.05, 3.63) is 112 Å². The quantitative estimate of drug-likeness (QED) is 0.121. The largest absolute Gasteiger partial charge is 0.459 e. The van der Waals surface area contributed by atoms with Crippen molar-refractivity contribution in [3.8, 4) is 0 Å². The first-order chi connectivity index (χ1) is 20.6. The van der Waals surface area contributed by atoms with Gasteiger partial charge in [0.05, 0.1) is 10.8 Å². The van der Waals surface area contributed by atoms with E-state index in [1.165, 1.54) is 24.3 Å². The number of carbonyl (C=O) groups is 4. The van der Waals surface area contributed by atoms with E-state index in [1.54, 1.807) is 54.6 Å². The molecule has 3 aromatic rings. The van der Waals surface area contributed by atoms with E-state index in [0.717, 1.165) is 5.56 Å². The van der Waals surface area contributed by atoms with Crippen LogP contribution < -0.4 is 5.73 Å². The van der Waals surface area contributed by atoms with Gasteiger partial charge in [0, 0.05) is 18.6 Å². The first-order valence-corrected chi connectivity index (χ1v) is 13.3. The Morgan fingerprint density at radius 2 is 1.44 bits per heavy atom. The Hall–Kier alpha value is -5.14. The first-order valence-electron chi connectivity index (χ1n) is 13.3. The summed E-state index contributed by atoms with van der Waals surface area (Å²) in [6.45, 7) is -1.21. The van der Waals surface area contributed by atoms with Crippen LogP contribution in [0.3, 0.4) is 0 Å². The summed E-state index contributed by atoms with van der Waals surface area (Å²) in [5, 5.41) is 11.5. The second-order valence-corrected chi connectivity index (χ2v) is 10.2. The summed E-state index contributed by atoms with van der Waals surface area (Å²) < 4.78 is 16.3. The number of non-ortho nitro benzene ring substituents is 1. The van der Waals surface area contributed by atoms with Crippen molar-refractivity contribution >= 4 is 29.5 Å². The minimum absolute atomic E-state index is 0.158. The Morgan fingerprint density at radius 3 is 2.05 bits per heavy atom. The molecule has 2 unspecified atom stereocenters. The average molecular weight is 590 g/mol. The van der Waals surface area contributed by atoms with Crippen LogP contribution in [-0.4, -0.2) is 51.7 Å². The van der Waals surface area contributed by atoms with E-state index >= 15 is 0 Å². The number of cyclic esters (lactones) is 1. The highest BCUT2D eigenvalue weighted by molar-refractivity contribution is 6.09. The van der Waals surface area contributed by atoms with Gasteiger partial charge in [0.15, 0.2) is 0 Å². The molecule has 2 heterocycles. The molecule has 43 heavy (non-hydrogen) atoms. The summed E-state index contributed by atoms with van der Waals surface area (Å²) in [6.07, 6.45) is -0.160. The van der Waals surface area contributed by atoms with E-state index in [1.807, 2.05) is 6.07 Å². The monoisotopic (exact) mass is 589 g/mol. The highest BCUT2D eigenvalue weighted by atomic mass is 16.8. The minimum atomic E-state index is -2.39. The molecule has 13 heteroatoms. The third-order valence-corrected chi connectivity index (χ3v) is 7.18. The molecule has 3 aromatic carbocycles. The Kier molecular flexibility index (Phi) is 8.19. The number of hydrogen-bond donors (Lipinski definition) is 1. The van der Waals surface area contributed by atoms with E-state index in [2.05, 4.69) is 0 Å². The molecular weight excluding hydrogens is 562 g/mol. The highest BCUT2D eigenvalue weighted by Gasteiger charge is 2.67. The maximum atomic E-state index is 13.6. The van der Waals surface area contributed by atoms with Gasteiger partial charge in [0.1, 0.15) is 19.8 Å². The maximum Gasteiger partial charge on any atom is 0.375 e. The fourth-order valence-corrected chi connectivity index (χ4v) is 4.81. The van der Waals surface area contributed by atoms with Crippen LogP contribution in [0, 0.1) is 16.0 Å². The molecular formula is C30H27N3O10. The van der Waals surface area contributed by atoms with Crippen molar-refractivity contribution in [1.29, 1.82) is 0 Å². The number of benzene rings is 3. The molecule has 5 rings (SSSR count). The van der Waals surface area contributed by atoms with Crippen LogP contribution in [0.5, 0.6) is 0 Å². The van der Waals surface area contributed by atoms with E-state index in [0.29, 0.717) is 16.2 Å². The summed E-state index contributed by atoms with van der Waals surface area (Å²) in [6, 6.07) is 23.0. The molecule has 2 N–H and O–H groups in total. The number of ether oxygens (including phenoxy) is 3. The smallest absolute Gasteiger partial charge is 0.375 e. The topological polar surface area (TPSA) is 178 Å². The Labute approximate surface area is 245 Å². The van der Waals surface area contributed by atoms with Crippen molar-refractivity contribution in [3.63, 3.8) is 0 Å². The normalized spacial score (nSPS) is 23.1. The van der Waals surface area contributed by atoms with Crippen LogP contribution in [0.4, 0.5) is 5.69 Å². The van der Waals surface area contributed by atoms with Gasteiger partial charge in [-0.25, -0.2) is 9.59 Å². The number of hydrogen-bond acceptors (Lipinski definition) is 11. The predicted molar refractivity (Wildman–Crippen MR) is 146 cm³/mol. The number of nitro groups is 1. The number of esters is 3. The van der Waals surface area contributed by atoms with Gasteiger partial charge >= 0.3 is 23.6 Å². The molecule has 222 valence electrons. The fourth-order valence-electron chi connectivity index (χ4n) is 4.81. The molecule has 0 spiro atoms. The van der Waals surface area contributed by atoms with Crippen LogP contribution in [0.25, 0.3) is 0 Å². The summed E-state index contributed by atoms with van der Waals surface area (Å²) in [5.74, 6) is -5.04. The minimum Gasteiger partial charge on any atom is -0.459 e. The number of hydroxylamine groups is 2. The van der Waals surface area contributed by atoms with Crippen molar-refractivity contribution in [2.75, 3.05) is 6.61 Å². The van der Waals surface area contributed by atoms with Gasteiger partial charge in [-0.2, -0.15) is 5.06 Å². The molecule has 3 atom stereocenters. The van der Waals surface area contributed by atoms with Gasteiger partial charge in [0.2, 0.25) is 5.54 Å². The standard InChI is InChI=1S/C30H27N3O10/c31-29(27(36)40-17-21-9-5-2-6-10-21)19-42-32(26(29)35)30(16-23(25(34)43-30)15-20-7-3-1-4-8-20)28(37)41-18-22-11-13-24(14-12-22)33(38)39/h1-14,23H,15-19,31H2/t23?,29-,30?/m0/s1. The third-order valence-electron chi connectivity index (χ3n) is 7.18. The summed E-state index contributed by atoms with van der Waals surface area (Å²) in [5.41, 5.74) is 3.14. The van der Waals surface area contributed by atoms with E-state index in [9.17, 15) is 29.3 Å². The molecule has 2 aliphatic heterocycles. The molecule has 2 saturated heterocycles. The van der Waals surface area contributed by atoms with Crippen LogP contribution in [0.2, 0.25) is 0 Å². The van der Waals surface area contributed by atoms with Crippen molar-refractivity contribution in [2.24, 2.45) is 11.7 Å². The molecule has 0 aliphatic carbocycles. The highest BCUT2D eigenvalue weighted by Crippen LogP contribution is 2.41. The molecule has 2 fully saturated rings. The summed E-state index contributed by atoms with van der Waals surface area (Å²) in [4.78, 5) is 69.2. The molecule has 0 aromatic heterocycles. The molecule has 0 radical (unpaired) electrons. The van der Waals surface area contributed by atoms with Gasteiger partial charge in [0.25, 0.3) is 11.6 Å².